The Morgan fingerprint density at radius 2 is 2.10 bits per heavy atom. The molecule has 0 bridgehead atoms. The molecule has 7 heteroatoms. The van der Waals surface area contributed by atoms with Crippen LogP contribution in [0.2, 0.25) is 5.02 Å². The maximum atomic E-state index is 12.1. The number of aliphatic hydroxyl groups is 1. The Morgan fingerprint density at radius 1 is 1.38 bits per heavy atom. The van der Waals surface area contributed by atoms with E-state index in [0.717, 1.165) is 10.1 Å². The van der Waals surface area contributed by atoms with Crippen molar-refractivity contribution in [2.45, 2.75) is 6.10 Å². The van der Waals surface area contributed by atoms with Crippen molar-refractivity contribution in [1.29, 1.82) is 0 Å². The van der Waals surface area contributed by atoms with Crippen molar-refractivity contribution in [2.75, 3.05) is 19.6 Å². The maximum Gasteiger partial charge on any atom is 0.263 e. The van der Waals surface area contributed by atoms with E-state index in [2.05, 4.69) is 5.32 Å². The molecule has 0 unspecified atom stereocenters. The molecule has 21 heavy (non-hydrogen) atoms. The number of likely N-dealkylation sites (tertiary alicyclic amines) is 1. The van der Waals surface area contributed by atoms with E-state index in [9.17, 15) is 9.59 Å². The first-order valence-corrected chi connectivity index (χ1v) is 7.67. The van der Waals surface area contributed by atoms with Crippen LogP contribution in [-0.2, 0) is 4.79 Å². The number of rotatable bonds is 3. The summed E-state index contributed by atoms with van der Waals surface area (Å²) >= 11 is 7.51. The van der Waals surface area contributed by atoms with Gasteiger partial charge in [0.05, 0.1) is 17.7 Å². The van der Waals surface area contributed by atoms with Gasteiger partial charge in [-0.15, -0.1) is 11.3 Å². The third-order valence-electron chi connectivity index (χ3n) is 3.36. The summed E-state index contributed by atoms with van der Waals surface area (Å²) in [6, 6.07) is 7.50. The number of halogens is 1. The first-order valence-electron chi connectivity index (χ1n) is 6.47. The minimum absolute atomic E-state index is 0.0872. The predicted molar refractivity (Wildman–Crippen MR) is 81.8 cm³/mol. The quantitative estimate of drug-likeness (QED) is 0.898. The van der Waals surface area contributed by atoms with E-state index in [1.54, 1.807) is 0 Å². The average Bonchev–Trinajstić information content (AvgIpc) is 2.79. The Morgan fingerprint density at radius 3 is 2.76 bits per heavy atom. The van der Waals surface area contributed by atoms with Gasteiger partial charge in [-0.2, -0.15) is 0 Å². The lowest BCUT2D eigenvalue weighted by molar-refractivity contribution is -0.140. The second kappa shape index (κ2) is 5.63. The van der Waals surface area contributed by atoms with Crippen LogP contribution in [0.3, 0.4) is 0 Å². The van der Waals surface area contributed by atoms with Crippen molar-refractivity contribution in [1.82, 2.24) is 10.2 Å². The average molecular weight is 325 g/mol. The number of amides is 2. The standard InChI is InChI=1S/C14H13ClN2O3S/c15-12-9-3-1-2-4-10(9)21-13(12)14(20)16-5-11(19)17-6-8(18)7-17/h1-4,8,18H,5-7H2,(H,16,20). The fraction of sp³-hybridized carbons (Fsp3) is 0.286. The number of carbonyl (C=O) groups excluding carboxylic acids is 2. The molecule has 2 N–H and O–H groups in total. The molecular formula is C14H13ClN2O3S. The molecule has 5 nitrogen and oxygen atoms in total. The van der Waals surface area contributed by atoms with Gasteiger partial charge in [-0.3, -0.25) is 9.59 Å². The normalized spacial score (nSPS) is 15.0. The molecule has 0 saturated carbocycles. The van der Waals surface area contributed by atoms with Gasteiger partial charge in [-0.25, -0.2) is 0 Å². The topological polar surface area (TPSA) is 69.6 Å². The third-order valence-corrected chi connectivity index (χ3v) is 5.03. The molecule has 1 aromatic carbocycles. The van der Waals surface area contributed by atoms with Crippen LogP contribution < -0.4 is 5.32 Å². The van der Waals surface area contributed by atoms with Crippen molar-refractivity contribution >= 4 is 44.8 Å². The van der Waals surface area contributed by atoms with Crippen molar-refractivity contribution in [3.63, 3.8) is 0 Å². The van der Waals surface area contributed by atoms with Crippen LogP contribution in [0.25, 0.3) is 10.1 Å². The molecule has 1 aromatic heterocycles. The van der Waals surface area contributed by atoms with Gasteiger partial charge < -0.3 is 15.3 Å². The summed E-state index contributed by atoms with van der Waals surface area (Å²) in [5.74, 6) is -0.554. The molecule has 0 aliphatic carbocycles. The van der Waals surface area contributed by atoms with Gasteiger partial charge in [0.15, 0.2) is 0 Å². The Kier molecular flexibility index (Phi) is 3.84. The molecule has 0 atom stereocenters. The Bertz CT molecular complexity index is 709. The van der Waals surface area contributed by atoms with Gasteiger partial charge in [0.1, 0.15) is 4.88 Å². The van der Waals surface area contributed by atoms with Gasteiger partial charge in [0.2, 0.25) is 5.91 Å². The van der Waals surface area contributed by atoms with Crippen LogP contribution in [0.4, 0.5) is 0 Å². The number of carbonyl (C=O) groups is 2. The molecule has 1 aliphatic heterocycles. The summed E-state index contributed by atoms with van der Waals surface area (Å²) in [7, 11) is 0. The zero-order valence-corrected chi connectivity index (χ0v) is 12.6. The summed E-state index contributed by atoms with van der Waals surface area (Å²) < 4.78 is 0.935. The lowest BCUT2D eigenvalue weighted by Gasteiger charge is -2.35. The molecule has 3 rings (SSSR count). The lowest BCUT2D eigenvalue weighted by atomic mass is 10.2. The number of β-amino-alcohol motifs (C(OH)–C–C–N with tert-alkyl or cyclic N) is 1. The Balaban J connectivity index is 1.67. The van der Waals surface area contributed by atoms with Gasteiger partial charge in [0, 0.05) is 23.2 Å². The summed E-state index contributed by atoms with van der Waals surface area (Å²) in [6.07, 6.45) is -0.443. The smallest absolute Gasteiger partial charge is 0.263 e. The highest BCUT2D eigenvalue weighted by molar-refractivity contribution is 7.21. The van der Waals surface area contributed by atoms with Crippen LogP contribution in [0.15, 0.2) is 24.3 Å². The van der Waals surface area contributed by atoms with Crippen LogP contribution in [0.1, 0.15) is 9.67 Å². The first-order chi connectivity index (χ1) is 10.1. The molecule has 0 spiro atoms. The minimum atomic E-state index is -0.443. The molecule has 0 radical (unpaired) electrons. The predicted octanol–water partition coefficient (Wildman–Crippen LogP) is 1.49. The Labute approximate surface area is 130 Å². The van der Waals surface area contributed by atoms with Gasteiger partial charge in [0.25, 0.3) is 5.91 Å². The summed E-state index contributed by atoms with van der Waals surface area (Å²) in [6.45, 7) is 0.576. The lowest BCUT2D eigenvalue weighted by Crippen LogP contribution is -2.55. The highest BCUT2D eigenvalue weighted by Crippen LogP contribution is 2.34. The molecule has 2 aromatic rings. The number of nitrogens with zero attached hydrogens (tertiary/aromatic N) is 1. The highest BCUT2D eigenvalue weighted by atomic mass is 35.5. The molecule has 1 fully saturated rings. The summed E-state index contributed by atoms with van der Waals surface area (Å²) in [4.78, 5) is 25.8. The molecular weight excluding hydrogens is 312 g/mol. The van der Waals surface area contributed by atoms with E-state index in [4.69, 9.17) is 16.7 Å². The minimum Gasteiger partial charge on any atom is -0.389 e. The second-order valence-electron chi connectivity index (χ2n) is 4.88. The largest absolute Gasteiger partial charge is 0.389 e. The monoisotopic (exact) mass is 324 g/mol. The number of nitrogens with one attached hydrogen (secondary N) is 1. The number of hydrogen-bond donors (Lipinski definition) is 2. The van der Waals surface area contributed by atoms with Crippen molar-refractivity contribution < 1.29 is 14.7 Å². The van der Waals surface area contributed by atoms with Crippen molar-refractivity contribution in [3.05, 3.63) is 34.2 Å². The number of aliphatic hydroxyl groups excluding tert-OH is 1. The number of fused-ring (bicyclic) bond motifs is 1. The van der Waals surface area contributed by atoms with Gasteiger partial charge in [-0.05, 0) is 6.07 Å². The van der Waals surface area contributed by atoms with E-state index in [0.29, 0.717) is 23.0 Å². The molecule has 1 aliphatic rings. The molecule has 2 heterocycles. The van der Waals surface area contributed by atoms with Crippen LogP contribution in [0, 0.1) is 0 Å². The first kappa shape index (κ1) is 14.3. The van der Waals surface area contributed by atoms with E-state index in [1.807, 2.05) is 24.3 Å². The zero-order valence-electron chi connectivity index (χ0n) is 11.0. The highest BCUT2D eigenvalue weighted by Gasteiger charge is 2.28. The van der Waals surface area contributed by atoms with Crippen LogP contribution in [0.5, 0.6) is 0 Å². The SMILES string of the molecule is O=C(NCC(=O)N1CC(O)C1)c1sc2ccccc2c1Cl. The fourth-order valence-electron chi connectivity index (χ4n) is 2.17. The van der Waals surface area contributed by atoms with Gasteiger partial charge >= 0.3 is 0 Å². The van der Waals surface area contributed by atoms with Gasteiger partial charge in [-0.1, -0.05) is 29.8 Å². The fourth-order valence-corrected chi connectivity index (χ4v) is 3.60. The third kappa shape index (κ3) is 2.74. The van der Waals surface area contributed by atoms with Crippen molar-refractivity contribution in [3.8, 4) is 0 Å². The molecule has 2 amide bonds. The number of benzene rings is 1. The number of thiophene rings is 1. The molecule has 1 saturated heterocycles. The van der Waals surface area contributed by atoms with Crippen molar-refractivity contribution in [2.24, 2.45) is 0 Å². The van der Waals surface area contributed by atoms with Crippen LogP contribution >= 0.6 is 22.9 Å². The van der Waals surface area contributed by atoms with E-state index in [-0.39, 0.29) is 18.4 Å². The van der Waals surface area contributed by atoms with Crippen LogP contribution in [-0.4, -0.2) is 47.6 Å². The second-order valence-corrected chi connectivity index (χ2v) is 6.31. The van der Waals surface area contributed by atoms with E-state index < -0.39 is 6.10 Å². The Hall–Kier alpha value is -1.63. The zero-order chi connectivity index (χ0) is 15.0. The maximum absolute atomic E-state index is 12.1. The number of hydrogen-bond acceptors (Lipinski definition) is 4. The summed E-state index contributed by atoms with van der Waals surface area (Å²) in [5, 5.41) is 13.0. The van der Waals surface area contributed by atoms with E-state index in [1.165, 1.54) is 16.2 Å². The summed E-state index contributed by atoms with van der Waals surface area (Å²) in [5.41, 5.74) is 0. The molecule has 110 valence electrons. The van der Waals surface area contributed by atoms with E-state index >= 15 is 0 Å².